The van der Waals surface area contributed by atoms with Crippen LogP contribution < -0.4 is 0 Å². The molecule has 10 heteroatoms. The molecule has 0 saturated heterocycles. The lowest BCUT2D eigenvalue weighted by atomic mass is 10.0. The lowest BCUT2D eigenvalue weighted by molar-refractivity contribution is 0.0592. The smallest absolute Gasteiger partial charge is 0.337 e. The predicted octanol–water partition coefficient (Wildman–Crippen LogP) is 10.4. The fourth-order valence-corrected chi connectivity index (χ4v) is 8.29. The molecule has 0 radical (unpaired) electrons. The van der Waals surface area contributed by atoms with Gasteiger partial charge >= 0.3 is 17.9 Å². The summed E-state index contributed by atoms with van der Waals surface area (Å²) in [6.45, 7) is 0. The van der Waals surface area contributed by atoms with Crippen LogP contribution in [0.2, 0.25) is 0 Å². The number of ether oxygens (including phenoxy) is 3. The normalized spacial score (nSPS) is 12.2. The number of rotatable bonds is 6. The number of carbonyl (C=O) groups excluding carboxylic acids is 3. The standard InChI is InChI=1S/C50H34N4O6/c1-58-48(55)30-14-8-27(9-15-30)43-36-20-21-37(51-36)44(28-10-16-31(17-11-28)49(56)59-2)39-24-25-41(53-39)46-34-7-5-4-6-33(34)35-26-42(54-47(35)46)45(40-23-22-38(43)52-40)29-12-18-32(19-13-29)50(57)60-3/h4-26,52-53H,1-3H3. The van der Waals surface area contributed by atoms with Crippen molar-refractivity contribution >= 4 is 63.8 Å². The fraction of sp³-hybridized carbons (Fsp3) is 0.0600. The molecule has 0 atom stereocenters. The minimum Gasteiger partial charge on any atom is -0.465 e. The number of fused-ring (bicyclic) bond motifs is 11. The number of methoxy groups -OCH3 is 3. The van der Waals surface area contributed by atoms with Crippen molar-refractivity contribution in [2.45, 2.75) is 0 Å². The molecule has 3 aromatic heterocycles. The third-order valence-electron chi connectivity index (χ3n) is 11.1. The van der Waals surface area contributed by atoms with Gasteiger partial charge in [-0.05, 0) is 107 Å². The molecule has 1 aliphatic carbocycles. The molecule has 290 valence electrons. The number of carbonyl (C=O) groups is 3. The van der Waals surface area contributed by atoms with Crippen molar-refractivity contribution in [1.29, 1.82) is 0 Å². The van der Waals surface area contributed by atoms with E-state index in [1.54, 1.807) is 36.4 Å². The number of hydrogen-bond donors (Lipinski definition) is 2. The molecule has 10 rings (SSSR count). The van der Waals surface area contributed by atoms with Gasteiger partial charge in [0.1, 0.15) is 0 Å². The molecule has 5 heterocycles. The lowest BCUT2D eigenvalue weighted by Crippen LogP contribution is -2.00. The van der Waals surface area contributed by atoms with E-state index in [1.165, 1.54) is 21.3 Å². The summed E-state index contributed by atoms with van der Waals surface area (Å²) in [6.07, 6.45) is 6.11. The Bertz CT molecular complexity index is 3190. The highest BCUT2D eigenvalue weighted by Gasteiger charge is 2.30. The van der Waals surface area contributed by atoms with Crippen molar-refractivity contribution in [3.05, 3.63) is 166 Å². The first-order chi connectivity index (χ1) is 29.3. The van der Waals surface area contributed by atoms with Gasteiger partial charge in [0.15, 0.2) is 0 Å². The van der Waals surface area contributed by atoms with Gasteiger partial charge in [-0.1, -0.05) is 60.7 Å². The van der Waals surface area contributed by atoms with Crippen molar-refractivity contribution in [3.8, 4) is 44.5 Å². The van der Waals surface area contributed by atoms with Crippen LogP contribution in [-0.2, 0) is 14.2 Å². The SMILES string of the molecule is COC(=O)c1ccc(-c2c3nc(c(-c4ccc(C(=O)OC)cc4)c4ccc([nH]4)c4c5nc(c(-c6ccc(C(=O)OC)cc6)c6ccc2[nH]6)C=C5c2ccccc2-4)C=C3)cc1. The second kappa shape index (κ2) is 14.4. The average Bonchev–Trinajstić information content (AvgIpc) is 4.15. The van der Waals surface area contributed by atoms with Gasteiger partial charge in [0.2, 0.25) is 0 Å². The first-order valence-electron chi connectivity index (χ1n) is 19.2. The first kappa shape index (κ1) is 36.2. The maximum Gasteiger partial charge on any atom is 0.337 e. The van der Waals surface area contributed by atoms with E-state index in [0.29, 0.717) is 28.1 Å². The largest absolute Gasteiger partial charge is 0.465 e. The summed E-state index contributed by atoms with van der Waals surface area (Å²) in [4.78, 5) is 55.6. The van der Waals surface area contributed by atoms with Gasteiger partial charge in [0, 0.05) is 49.9 Å². The molecule has 0 fully saturated rings. The lowest BCUT2D eigenvalue weighted by Gasteiger charge is -2.08. The summed E-state index contributed by atoms with van der Waals surface area (Å²) in [5, 5.41) is 0. The van der Waals surface area contributed by atoms with E-state index in [-0.39, 0.29) is 0 Å². The predicted molar refractivity (Wildman–Crippen MR) is 233 cm³/mol. The highest BCUT2D eigenvalue weighted by molar-refractivity contribution is 6.12. The number of esters is 3. The van der Waals surface area contributed by atoms with Gasteiger partial charge in [0.05, 0.1) is 60.8 Å². The molecule has 2 N–H and O–H groups in total. The van der Waals surface area contributed by atoms with Gasteiger partial charge in [-0.15, -0.1) is 0 Å². The molecular formula is C50H34N4O6. The molecule has 10 nitrogen and oxygen atoms in total. The van der Waals surface area contributed by atoms with Gasteiger partial charge < -0.3 is 24.2 Å². The minimum absolute atomic E-state index is 0.420. The van der Waals surface area contributed by atoms with Gasteiger partial charge in [0.25, 0.3) is 0 Å². The van der Waals surface area contributed by atoms with E-state index in [0.717, 1.165) is 89.1 Å². The highest BCUT2D eigenvalue weighted by atomic mass is 16.5. The van der Waals surface area contributed by atoms with Crippen LogP contribution in [0.5, 0.6) is 0 Å². The Labute approximate surface area is 343 Å². The topological polar surface area (TPSA) is 136 Å². The fourth-order valence-electron chi connectivity index (χ4n) is 8.29. The quantitative estimate of drug-likeness (QED) is 0.126. The molecule has 0 saturated carbocycles. The third kappa shape index (κ3) is 5.92. The third-order valence-corrected chi connectivity index (χ3v) is 11.1. The summed E-state index contributed by atoms with van der Waals surface area (Å²) in [6, 6.07) is 38.4. The molecule has 3 aliphatic rings. The van der Waals surface area contributed by atoms with Crippen LogP contribution in [0.1, 0.15) is 59.4 Å². The second-order valence-electron chi connectivity index (χ2n) is 14.4. The van der Waals surface area contributed by atoms with Crippen LogP contribution in [0.15, 0.2) is 121 Å². The Hall–Kier alpha value is -8.11. The average molecular weight is 787 g/mol. The number of aromatic amines is 2. The van der Waals surface area contributed by atoms with Crippen molar-refractivity contribution in [2.75, 3.05) is 21.3 Å². The first-order valence-corrected chi connectivity index (χ1v) is 19.2. The van der Waals surface area contributed by atoms with Crippen LogP contribution >= 0.6 is 0 Å². The summed E-state index contributed by atoms with van der Waals surface area (Å²) < 4.78 is 15.0. The van der Waals surface area contributed by atoms with Crippen LogP contribution in [-0.4, -0.2) is 59.2 Å². The van der Waals surface area contributed by atoms with E-state index < -0.39 is 17.9 Å². The van der Waals surface area contributed by atoms with E-state index in [9.17, 15) is 14.4 Å². The number of nitrogens with zero attached hydrogens (tertiary/aromatic N) is 2. The maximum atomic E-state index is 12.5. The summed E-state index contributed by atoms with van der Waals surface area (Å²) >= 11 is 0. The van der Waals surface area contributed by atoms with Crippen molar-refractivity contribution in [1.82, 2.24) is 19.9 Å². The van der Waals surface area contributed by atoms with E-state index >= 15 is 0 Å². The number of nitrogens with one attached hydrogen (secondary N) is 2. The molecule has 60 heavy (non-hydrogen) atoms. The van der Waals surface area contributed by atoms with Gasteiger partial charge in [-0.25, -0.2) is 24.4 Å². The highest BCUT2D eigenvalue weighted by Crippen LogP contribution is 2.49. The molecule has 4 aromatic carbocycles. The molecule has 7 aromatic rings. The Balaban J connectivity index is 1.33. The van der Waals surface area contributed by atoms with Crippen molar-refractivity contribution < 1.29 is 28.6 Å². The Morgan fingerprint density at radius 3 is 1.23 bits per heavy atom. The van der Waals surface area contributed by atoms with E-state index in [2.05, 4.69) is 40.3 Å². The Morgan fingerprint density at radius 2 is 0.817 bits per heavy atom. The molecule has 8 bridgehead atoms. The van der Waals surface area contributed by atoms with Gasteiger partial charge in [-0.2, -0.15) is 0 Å². The van der Waals surface area contributed by atoms with Gasteiger partial charge in [-0.3, -0.25) is 0 Å². The maximum absolute atomic E-state index is 12.5. The Morgan fingerprint density at radius 1 is 0.433 bits per heavy atom. The number of aromatic nitrogens is 4. The minimum atomic E-state index is -0.433. The van der Waals surface area contributed by atoms with E-state index in [1.807, 2.05) is 72.8 Å². The molecule has 2 aliphatic heterocycles. The molecule has 0 spiro atoms. The summed E-state index contributed by atoms with van der Waals surface area (Å²) in [7, 11) is 4.09. The number of H-pyrrole nitrogens is 2. The van der Waals surface area contributed by atoms with E-state index in [4.69, 9.17) is 24.2 Å². The summed E-state index contributed by atoms with van der Waals surface area (Å²) in [5.41, 5.74) is 16.7. The van der Waals surface area contributed by atoms with Crippen LogP contribution in [0.3, 0.4) is 0 Å². The summed E-state index contributed by atoms with van der Waals surface area (Å²) in [5.74, 6) is -1.27. The zero-order valence-corrected chi connectivity index (χ0v) is 32.6. The van der Waals surface area contributed by atoms with Crippen molar-refractivity contribution in [3.63, 3.8) is 0 Å². The molecule has 0 amide bonds. The Kier molecular flexibility index (Phi) is 8.68. The number of benzene rings is 4. The van der Waals surface area contributed by atoms with Crippen LogP contribution in [0, 0.1) is 0 Å². The second-order valence-corrected chi connectivity index (χ2v) is 14.4. The van der Waals surface area contributed by atoms with Crippen molar-refractivity contribution in [2.24, 2.45) is 0 Å². The zero-order valence-electron chi connectivity index (χ0n) is 32.6. The molecule has 0 unspecified atom stereocenters. The van der Waals surface area contributed by atoms with Crippen LogP contribution in [0.4, 0.5) is 0 Å². The number of hydrogen-bond acceptors (Lipinski definition) is 8. The monoisotopic (exact) mass is 786 g/mol. The molecular weight excluding hydrogens is 753 g/mol. The zero-order chi connectivity index (χ0) is 41.1. The van der Waals surface area contributed by atoms with Crippen LogP contribution in [0.25, 0.3) is 90.4 Å².